The van der Waals surface area contributed by atoms with Gasteiger partial charge in [0, 0.05) is 30.3 Å². The van der Waals surface area contributed by atoms with Crippen molar-refractivity contribution in [2.24, 2.45) is 0 Å². The minimum absolute atomic E-state index is 0. The molecule has 0 saturated carbocycles. The molecule has 0 saturated heterocycles. The second-order valence-electron chi connectivity index (χ2n) is 1.71. The molecular weight excluding hydrogens is 204 g/mol. The van der Waals surface area contributed by atoms with Crippen LogP contribution in [0.5, 0.6) is 0 Å². The van der Waals surface area contributed by atoms with Gasteiger partial charge in [0.05, 0.1) is 0 Å². The average Bonchev–Trinajstić information content (AvgIpc) is 1.83. The van der Waals surface area contributed by atoms with Crippen LogP contribution < -0.4 is 0 Å². The fourth-order valence-electron chi connectivity index (χ4n) is 0.548. The molecule has 0 heterocycles. The molecule has 0 atom stereocenters. The molecule has 1 aromatic rings. The topological polar surface area (TPSA) is 0 Å². The molecule has 0 fully saturated rings. The maximum absolute atomic E-state index is 12.5. The van der Waals surface area contributed by atoms with Gasteiger partial charge < -0.3 is 0 Å². The Hall–Kier alpha value is -0.0666. The first-order valence-corrected chi connectivity index (χ1v) is 2.85. The summed E-state index contributed by atoms with van der Waals surface area (Å²) in [4.78, 5) is 0. The standard InChI is InChI=1S/C7H5ClF.Zn/c1-5-3-2-4-6(8)7(5)9;/h2-4H,1H2;/q-1;. The Morgan fingerprint density at radius 3 is 2.40 bits per heavy atom. The van der Waals surface area contributed by atoms with Crippen molar-refractivity contribution in [2.45, 2.75) is 0 Å². The molecule has 1 rings (SSSR count). The normalized spacial score (nSPS) is 8.60. The summed E-state index contributed by atoms with van der Waals surface area (Å²) < 4.78 is 12.5. The van der Waals surface area contributed by atoms with Crippen molar-refractivity contribution < 1.29 is 23.9 Å². The van der Waals surface area contributed by atoms with Gasteiger partial charge >= 0.3 is 0 Å². The summed E-state index contributed by atoms with van der Waals surface area (Å²) in [5.41, 5.74) is 0.336. The van der Waals surface area contributed by atoms with E-state index >= 15 is 0 Å². The quantitative estimate of drug-likeness (QED) is 0.455. The minimum atomic E-state index is -0.431. The Morgan fingerprint density at radius 1 is 1.40 bits per heavy atom. The van der Waals surface area contributed by atoms with Crippen molar-refractivity contribution in [1.29, 1.82) is 0 Å². The van der Waals surface area contributed by atoms with Crippen molar-refractivity contribution in [3.05, 3.63) is 41.5 Å². The molecule has 0 bridgehead atoms. The summed E-state index contributed by atoms with van der Waals surface area (Å²) in [5.74, 6) is -0.431. The molecule has 0 amide bonds. The van der Waals surface area contributed by atoms with Gasteiger partial charge in [0.1, 0.15) is 0 Å². The molecule has 0 nitrogen and oxygen atoms in total. The smallest absolute Gasteiger partial charge is 0.0342 e. The predicted octanol–water partition coefficient (Wildman–Crippen LogP) is 2.66. The Kier molecular flexibility index (Phi) is 3.92. The second-order valence-corrected chi connectivity index (χ2v) is 2.12. The van der Waals surface area contributed by atoms with Gasteiger partial charge in [-0.3, -0.25) is 4.39 Å². The van der Waals surface area contributed by atoms with Crippen molar-refractivity contribution in [3.8, 4) is 0 Å². The molecule has 0 unspecified atom stereocenters. The molecule has 0 aliphatic carbocycles. The number of rotatable bonds is 0. The SMILES string of the molecule is [CH2-]c1cccc(Cl)c1F.[Zn]. The van der Waals surface area contributed by atoms with Crippen LogP contribution in [0.15, 0.2) is 18.2 Å². The monoisotopic (exact) mass is 207 g/mol. The molecule has 0 spiro atoms. The van der Waals surface area contributed by atoms with Crippen molar-refractivity contribution in [2.75, 3.05) is 0 Å². The third-order valence-electron chi connectivity index (χ3n) is 1.03. The van der Waals surface area contributed by atoms with Crippen LogP contribution in [0.25, 0.3) is 0 Å². The van der Waals surface area contributed by atoms with Crippen molar-refractivity contribution in [1.82, 2.24) is 0 Å². The van der Waals surface area contributed by atoms with E-state index in [1.165, 1.54) is 6.07 Å². The minimum Gasteiger partial charge on any atom is -0.282 e. The third kappa shape index (κ3) is 1.96. The van der Waals surface area contributed by atoms with E-state index in [9.17, 15) is 4.39 Å². The van der Waals surface area contributed by atoms with Gasteiger partial charge in [0.15, 0.2) is 0 Å². The van der Waals surface area contributed by atoms with Crippen LogP contribution in [0, 0.1) is 12.7 Å². The number of hydrogen-bond donors (Lipinski definition) is 0. The summed E-state index contributed by atoms with van der Waals surface area (Å²) in [6.07, 6.45) is 0. The summed E-state index contributed by atoms with van der Waals surface area (Å²) in [6, 6.07) is 4.72. The maximum Gasteiger partial charge on any atom is 0.0342 e. The first-order valence-electron chi connectivity index (χ1n) is 2.48. The van der Waals surface area contributed by atoms with E-state index < -0.39 is 5.82 Å². The number of hydrogen-bond acceptors (Lipinski definition) is 0. The van der Waals surface area contributed by atoms with Gasteiger partial charge in [-0.05, 0) is 0 Å². The molecule has 50 valence electrons. The van der Waals surface area contributed by atoms with E-state index in [1.54, 1.807) is 12.1 Å². The summed E-state index contributed by atoms with van der Waals surface area (Å²) in [7, 11) is 0. The van der Waals surface area contributed by atoms with E-state index in [0.29, 0.717) is 5.56 Å². The number of halogens is 2. The maximum atomic E-state index is 12.5. The van der Waals surface area contributed by atoms with Gasteiger partial charge in [0.2, 0.25) is 0 Å². The van der Waals surface area contributed by atoms with Crippen LogP contribution in [0.2, 0.25) is 5.02 Å². The summed E-state index contributed by atoms with van der Waals surface area (Å²) in [6.45, 7) is 3.42. The zero-order valence-corrected chi connectivity index (χ0v) is 9.13. The third-order valence-corrected chi connectivity index (χ3v) is 1.32. The Bertz CT molecular complexity index is 205. The Labute approximate surface area is 77.1 Å². The van der Waals surface area contributed by atoms with Gasteiger partial charge in [-0.25, -0.2) is 0 Å². The van der Waals surface area contributed by atoms with Crippen LogP contribution in [0.3, 0.4) is 0 Å². The van der Waals surface area contributed by atoms with Crippen LogP contribution >= 0.6 is 11.6 Å². The molecule has 3 heteroatoms. The zero-order chi connectivity index (χ0) is 6.85. The molecule has 0 radical (unpaired) electrons. The van der Waals surface area contributed by atoms with Crippen molar-refractivity contribution >= 4 is 11.6 Å². The van der Waals surface area contributed by atoms with Crippen LogP contribution in [0.1, 0.15) is 5.56 Å². The molecule has 0 aromatic heterocycles. The molecular formula is C7H5ClFZn-. The van der Waals surface area contributed by atoms with Gasteiger partial charge in [-0.1, -0.05) is 17.7 Å². The largest absolute Gasteiger partial charge is 0.282 e. The van der Waals surface area contributed by atoms with Gasteiger partial charge in [-0.2, -0.15) is 18.6 Å². The Balaban J connectivity index is 0.000000810. The van der Waals surface area contributed by atoms with Crippen LogP contribution in [0.4, 0.5) is 4.39 Å². The fourth-order valence-corrected chi connectivity index (χ4v) is 0.743. The first-order chi connectivity index (χ1) is 4.22. The van der Waals surface area contributed by atoms with E-state index in [2.05, 4.69) is 6.92 Å². The molecule has 1 aromatic carbocycles. The summed E-state index contributed by atoms with van der Waals surface area (Å²) >= 11 is 5.40. The molecule has 10 heavy (non-hydrogen) atoms. The Morgan fingerprint density at radius 2 is 2.00 bits per heavy atom. The second kappa shape index (κ2) is 3.95. The first kappa shape index (κ1) is 9.93. The number of benzene rings is 1. The molecule has 0 aliphatic rings. The van der Waals surface area contributed by atoms with Gasteiger partial charge in [0.25, 0.3) is 0 Å². The van der Waals surface area contributed by atoms with Crippen LogP contribution in [-0.4, -0.2) is 0 Å². The predicted molar refractivity (Wildman–Crippen MR) is 35.9 cm³/mol. The molecule has 0 N–H and O–H groups in total. The van der Waals surface area contributed by atoms with E-state index in [-0.39, 0.29) is 24.5 Å². The van der Waals surface area contributed by atoms with Crippen LogP contribution in [-0.2, 0) is 19.5 Å². The van der Waals surface area contributed by atoms with E-state index in [4.69, 9.17) is 11.6 Å². The van der Waals surface area contributed by atoms with Crippen molar-refractivity contribution in [3.63, 3.8) is 0 Å². The van der Waals surface area contributed by atoms with Gasteiger partial charge in [-0.15, -0.1) is 6.07 Å². The molecule has 0 aliphatic heterocycles. The van der Waals surface area contributed by atoms with E-state index in [1.807, 2.05) is 0 Å². The summed E-state index contributed by atoms with van der Waals surface area (Å²) in [5, 5.41) is 0.127. The average molecular weight is 209 g/mol. The van der Waals surface area contributed by atoms with E-state index in [0.717, 1.165) is 0 Å². The fraction of sp³-hybridized carbons (Fsp3) is 0. The zero-order valence-electron chi connectivity index (χ0n) is 5.40.